The number of pyridine rings is 1. The van der Waals surface area contributed by atoms with E-state index < -0.39 is 0 Å². The summed E-state index contributed by atoms with van der Waals surface area (Å²) >= 11 is 1.59. The zero-order chi connectivity index (χ0) is 17.8. The van der Waals surface area contributed by atoms with Crippen molar-refractivity contribution in [1.82, 2.24) is 10.3 Å². The average molecular weight is 360 g/mol. The van der Waals surface area contributed by atoms with Crippen LogP contribution in [0.25, 0.3) is 0 Å². The summed E-state index contributed by atoms with van der Waals surface area (Å²) in [5, 5.41) is 4.14. The molecule has 0 fully saturated rings. The number of carbonyl (C=O) groups excluding carboxylic acids is 1. The summed E-state index contributed by atoms with van der Waals surface area (Å²) in [6.07, 6.45) is 4.72. The zero-order valence-electron chi connectivity index (χ0n) is 14.4. The largest absolute Gasteiger partial charge is 0.349 e. The Kier molecular flexibility index (Phi) is 5.02. The van der Waals surface area contributed by atoms with Crippen LogP contribution in [-0.2, 0) is 12.8 Å². The first-order valence-corrected chi connectivity index (χ1v) is 9.66. The van der Waals surface area contributed by atoms with Crippen LogP contribution in [0, 0.1) is 0 Å². The van der Waals surface area contributed by atoms with E-state index in [0.29, 0.717) is 5.56 Å². The number of nitrogens with zero attached hydrogens (tertiary/aromatic N) is 1. The van der Waals surface area contributed by atoms with Crippen molar-refractivity contribution < 1.29 is 4.79 Å². The van der Waals surface area contributed by atoms with Crippen molar-refractivity contribution >= 4 is 17.7 Å². The van der Waals surface area contributed by atoms with Gasteiger partial charge in [-0.3, -0.25) is 4.79 Å². The summed E-state index contributed by atoms with van der Waals surface area (Å²) in [4.78, 5) is 18.0. The van der Waals surface area contributed by atoms with E-state index in [4.69, 9.17) is 0 Å². The van der Waals surface area contributed by atoms with E-state index in [9.17, 15) is 4.79 Å². The molecule has 0 saturated heterocycles. The highest BCUT2D eigenvalue weighted by Crippen LogP contribution is 2.26. The number of aromatic nitrogens is 1. The quantitative estimate of drug-likeness (QED) is 0.744. The zero-order valence-corrected chi connectivity index (χ0v) is 15.2. The topological polar surface area (TPSA) is 42.0 Å². The van der Waals surface area contributed by atoms with Gasteiger partial charge in [-0.05, 0) is 66.8 Å². The fourth-order valence-corrected chi connectivity index (χ4v) is 4.07. The molecule has 1 heterocycles. The van der Waals surface area contributed by atoms with Gasteiger partial charge in [0.25, 0.3) is 5.91 Å². The van der Waals surface area contributed by atoms with Gasteiger partial charge in [0, 0.05) is 22.7 Å². The first kappa shape index (κ1) is 16.9. The predicted octanol–water partition coefficient (Wildman–Crippen LogP) is 4.52. The molecule has 4 heteroatoms. The minimum absolute atomic E-state index is 0.00349. The van der Waals surface area contributed by atoms with Crippen LogP contribution < -0.4 is 5.32 Å². The molecule has 1 aromatic heterocycles. The summed E-state index contributed by atoms with van der Waals surface area (Å²) in [7, 11) is 0. The van der Waals surface area contributed by atoms with Crippen LogP contribution in [-0.4, -0.2) is 16.9 Å². The lowest BCUT2D eigenvalue weighted by atomic mass is 9.88. The van der Waals surface area contributed by atoms with E-state index in [1.165, 1.54) is 11.1 Å². The monoisotopic (exact) mass is 360 g/mol. The van der Waals surface area contributed by atoms with E-state index >= 15 is 0 Å². The Morgan fingerprint density at radius 3 is 2.50 bits per heavy atom. The summed E-state index contributed by atoms with van der Waals surface area (Å²) in [6.45, 7) is 0. The molecule has 0 bridgehead atoms. The SMILES string of the molecule is O=C(NC1CCc2ccccc2C1)c1ccc(Sc2ccccn2)cc1. The van der Waals surface area contributed by atoms with Crippen molar-refractivity contribution in [2.75, 3.05) is 0 Å². The molecule has 3 aromatic rings. The van der Waals surface area contributed by atoms with Crippen molar-refractivity contribution in [2.45, 2.75) is 35.2 Å². The van der Waals surface area contributed by atoms with Crippen molar-refractivity contribution in [2.24, 2.45) is 0 Å². The van der Waals surface area contributed by atoms with Crippen LogP contribution in [0.3, 0.4) is 0 Å². The van der Waals surface area contributed by atoms with Gasteiger partial charge in [0.1, 0.15) is 5.03 Å². The number of fused-ring (bicyclic) bond motifs is 1. The Bertz CT molecular complexity index is 894. The third-order valence-electron chi connectivity index (χ3n) is 4.66. The highest BCUT2D eigenvalue weighted by molar-refractivity contribution is 7.99. The van der Waals surface area contributed by atoms with Crippen molar-refractivity contribution in [3.8, 4) is 0 Å². The molecule has 130 valence electrons. The van der Waals surface area contributed by atoms with Crippen LogP contribution >= 0.6 is 11.8 Å². The van der Waals surface area contributed by atoms with Crippen LogP contribution in [0.5, 0.6) is 0 Å². The fraction of sp³-hybridized carbons (Fsp3) is 0.182. The third kappa shape index (κ3) is 3.97. The van der Waals surface area contributed by atoms with Gasteiger partial charge in [0.15, 0.2) is 0 Å². The van der Waals surface area contributed by atoms with E-state index in [1.54, 1.807) is 18.0 Å². The molecule has 1 amide bonds. The van der Waals surface area contributed by atoms with Crippen LogP contribution in [0.4, 0.5) is 0 Å². The maximum Gasteiger partial charge on any atom is 0.251 e. The molecule has 0 spiro atoms. The smallest absolute Gasteiger partial charge is 0.251 e. The number of nitrogens with one attached hydrogen (secondary N) is 1. The first-order chi connectivity index (χ1) is 12.8. The van der Waals surface area contributed by atoms with Crippen molar-refractivity contribution in [1.29, 1.82) is 0 Å². The van der Waals surface area contributed by atoms with Crippen LogP contribution in [0.2, 0.25) is 0 Å². The Morgan fingerprint density at radius 2 is 1.73 bits per heavy atom. The predicted molar refractivity (Wildman–Crippen MR) is 105 cm³/mol. The minimum atomic E-state index is 0.00349. The maximum atomic E-state index is 12.6. The lowest BCUT2D eigenvalue weighted by Crippen LogP contribution is -2.38. The first-order valence-electron chi connectivity index (χ1n) is 8.84. The van der Waals surface area contributed by atoms with E-state index in [-0.39, 0.29) is 11.9 Å². The molecule has 2 aromatic carbocycles. The number of carbonyl (C=O) groups is 1. The number of hydrogen-bond acceptors (Lipinski definition) is 3. The molecule has 1 N–H and O–H groups in total. The number of amides is 1. The Balaban J connectivity index is 1.38. The maximum absolute atomic E-state index is 12.6. The summed E-state index contributed by atoms with van der Waals surface area (Å²) in [5.74, 6) is 0.00349. The fourth-order valence-electron chi connectivity index (χ4n) is 3.29. The molecule has 1 aliphatic carbocycles. The molecule has 0 radical (unpaired) electrons. The summed E-state index contributed by atoms with van der Waals surface area (Å²) in [6, 6.07) is 22.3. The van der Waals surface area contributed by atoms with Gasteiger partial charge < -0.3 is 5.32 Å². The molecule has 1 aliphatic rings. The van der Waals surface area contributed by atoms with Crippen molar-refractivity contribution in [3.05, 3.63) is 89.6 Å². The molecule has 1 atom stereocenters. The molecule has 1 unspecified atom stereocenters. The highest BCUT2D eigenvalue weighted by Gasteiger charge is 2.20. The molecule has 26 heavy (non-hydrogen) atoms. The molecule has 3 nitrogen and oxygen atoms in total. The van der Waals surface area contributed by atoms with Gasteiger partial charge >= 0.3 is 0 Å². The van der Waals surface area contributed by atoms with E-state index in [2.05, 4.69) is 34.6 Å². The average Bonchev–Trinajstić information content (AvgIpc) is 2.69. The van der Waals surface area contributed by atoms with E-state index in [1.807, 2.05) is 42.5 Å². The number of aryl methyl sites for hydroxylation is 1. The van der Waals surface area contributed by atoms with Gasteiger partial charge in [-0.1, -0.05) is 42.1 Å². The van der Waals surface area contributed by atoms with Crippen LogP contribution in [0.15, 0.2) is 82.8 Å². The second-order valence-electron chi connectivity index (χ2n) is 6.48. The number of benzene rings is 2. The highest BCUT2D eigenvalue weighted by atomic mass is 32.2. The molecular weight excluding hydrogens is 340 g/mol. The molecule has 0 aliphatic heterocycles. The normalized spacial score (nSPS) is 15.9. The Labute approximate surface area is 157 Å². The standard InChI is InChI=1S/C22H20N2OS/c25-22(24-19-11-8-16-5-1-2-6-18(16)15-19)17-9-12-20(13-10-17)26-21-7-3-4-14-23-21/h1-7,9-10,12-14,19H,8,11,15H2,(H,24,25). The third-order valence-corrected chi connectivity index (χ3v) is 5.62. The van der Waals surface area contributed by atoms with Gasteiger partial charge in [0.2, 0.25) is 0 Å². The number of hydrogen-bond donors (Lipinski definition) is 1. The van der Waals surface area contributed by atoms with E-state index in [0.717, 1.165) is 29.2 Å². The second-order valence-corrected chi connectivity index (χ2v) is 7.57. The van der Waals surface area contributed by atoms with Gasteiger partial charge in [-0.15, -0.1) is 0 Å². The molecule has 4 rings (SSSR count). The Hall–Kier alpha value is -2.59. The van der Waals surface area contributed by atoms with Gasteiger partial charge in [-0.25, -0.2) is 4.98 Å². The van der Waals surface area contributed by atoms with Crippen molar-refractivity contribution in [3.63, 3.8) is 0 Å². The lowest BCUT2D eigenvalue weighted by Gasteiger charge is -2.25. The minimum Gasteiger partial charge on any atom is -0.349 e. The Morgan fingerprint density at radius 1 is 0.962 bits per heavy atom. The van der Waals surface area contributed by atoms with Gasteiger partial charge in [0.05, 0.1) is 0 Å². The summed E-state index contributed by atoms with van der Waals surface area (Å²) < 4.78 is 0. The summed E-state index contributed by atoms with van der Waals surface area (Å²) in [5.41, 5.74) is 3.47. The molecular formula is C22H20N2OS. The lowest BCUT2D eigenvalue weighted by molar-refractivity contribution is 0.0933. The van der Waals surface area contributed by atoms with Gasteiger partial charge in [-0.2, -0.15) is 0 Å². The van der Waals surface area contributed by atoms with Crippen LogP contribution in [0.1, 0.15) is 27.9 Å². The molecule has 0 saturated carbocycles. The number of rotatable bonds is 4. The second kappa shape index (κ2) is 7.75.